The number of hydrogen-bond acceptors (Lipinski definition) is 5. The molecule has 64 heavy (non-hydrogen) atoms. The van der Waals surface area contributed by atoms with Crippen molar-refractivity contribution in [3.63, 3.8) is 0 Å². The lowest BCUT2D eigenvalue weighted by Crippen LogP contribution is -2.09. The number of hydrogen-bond donors (Lipinski definition) is 0. The minimum Gasteiger partial charge on any atom is -0.436 e. The highest BCUT2D eigenvalue weighted by Gasteiger charge is 2.19. The third kappa shape index (κ3) is 6.82. The number of para-hydroxylation sites is 3. The maximum absolute atomic E-state index is 6.10. The van der Waals surface area contributed by atoms with Crippen LogP contribution in [0, 0.1) is 0 Å². The van der Waals surface area contributed by atoms with Crippen molar-refractivity contribution in [1.29, 1.82) is 0 Å². The molecule has 10 aromatic carbocycles. The van der Waals surface area contributed by atoms with E-state index >= 15 is 0 Å². The molecular formula is C59H38N4O. The summed E-state index contributed by atoms with van der Waals surface area (Å²) in [4.78, 5) is 18.0. The molecule has 0 saturated carbocycles. The predicted octanol–water partition coefficient (Wildman–Crippen LogP) is 15.9. The SMILES string of the molecule is c1ccc(-c2nc3cc(-c4ccc5ccccc5c4)c(-c4ccc5ccccc5c4)cc3nc2-c2ccc(N(c3ccccc3)c3ccc(-c4nc5ccccc5o4)cc3)cc2)cc1. The fourth-order valence-corrected chi connectivity index (χ4v) is 8.83. The third-order valence-corrected chi connectivity index (χ3v) is 12.1. The first-order chi connectivity index (χ1) is 31.7. The Kier molecular flexibility index (Phi) is 9.08. The molecule has 300 valence electrons. The van der Waals surface area contributed by atoms with E-state index in [2.05, 4.69) is 199 Å². The minimum absolute atomic E-state index is 0.600. The van der Waals surface area contributed by atoms with Crippen molar-refractivity contribution in [2.75, 3.05) is 4.90 Å². The Balaban J connectivity index is 0.988. The summed E-state index contributed by atoms with van der Waals surface area (Å²) >= 11 is 0. The molecule has 5 heteroatoms. The van der Waals surface area contributed by atoms with Gasteiger partial charge in [-0.3, -0.25) is 0 Å². The maximum Gasteiger partial charge on any atom is 0.227 e. The van der Waals surface area contributed by atoms with E-state index < -0.39 is 0 Å². The number of aromatic nitrogens is 3. The summed E-state index contributed by atoms with van der Waals surface area (Å²) in [5.74, 6) is 0.600. The molecule has 0 aliphatic carbocycles. The molecule has 0 aliphatic rings. The highest BCUT2D eigenvalue weighted by molar-refractivity contribution is 6.00. The second kappa shape index (κ2) is 15.7. The van der Waals surface area contributed by atoms with Crippen molar-refractivity contribution < 1.29 is 4.42 Å². The van der Waals surface area contributed by atoms with Crippen LogP contribution in [-0.2, 0) is 0 Å². The van der Waals surface area contributed by atoms with Crippen LogP contribution in [-0.4, -0.2) is 15.0 Å². The van der Waals surface area contributed by atoms with Gasteiger partial charge in [0.1, 0.15) is 5.52 Å². The summed E-state index contributed by atoms with van der Waals surface area (Å²) in [7, 11) is 0. The van der Waals surface area contributed by atoms with E-state index in [0.29, 0.717) is 5.89 Å². The number of oxazole rings is 1. The second-order valence-corrected chi connectivity index (χ2v) is 16.0. The van der Waals surface area contributed by atoms with E-state index in [1.54, 1.807) is 0 Å². The van der Waals surface area contributed by atoms with Gasteiger partial charge in [-0.05, 0) is 129 Å². The molecule has 0 fully saturated rings. The molecule has 0 aliphatic heterocycles. The minimum atomic E-state index is 0.600. The van der Waals surface area contributed by atoms with Crippen LogP contribution in [0.5, 0.6) is 0 Å². The van der Waals surface area contributed by atoms with E-state index in [1.165, 1.54) is 21.5 Å². The molecule has 2 heterocycles. The summed E-state index contributed by atoms with van der Waals surface area (Å²) in [6, 6.07) is 80.6. The maximum atomic E-state index is 6.10. The standard InChI is InChI=1S/C59H38N4O/c1-3-15-41(16-4-1)57-58(42-27-31-49(32-28-42)63(48-19-5-2-6-20-48)50-33-29-43(30-34-50)59-62-53-21-11-12-22-56(53)64-59)61-55-38-52(47-26-24-40-14-8-10-18-45(40)36-47)51(37-54(55)60-57)46-25-23-39-13-7-9-17-44(39)35-46/h1-38H. The van der Waals surface area contributed by atoms with Crippen molar-refractivity contribution in [2.24, 2.45) is 0 Å². The first-order valence-electron chi connectivity index (χ1n) is 21.5. The Hall–Kier alpha value is -8.67. The second-order valence-electron chi connectivity index (χ2n) is 16.0. The summed E-state index contributed by atoms with van der Waals surface area (Å²) in [6.07, 6.45) is 0. The molecule has 0 unspecified atom stereocenters. The number of fused-ring (bicyclic) bond motifs is 4. The zero-order chi connectivity index (χ0) is 42.4. The van der Waals surface area contributed by atoms with Gasteiger partial charge in [0.15, 0.2) is 5.58 Å². The molecule has 0 spiro atoms. The molecule has 0 N–H and O–H groups in total. The van der Waals surface area contributed by atoms with Gasteiger partial charge in [0.05, 0.1) is 22.4 Å². The van der Waals surface area contributed by atoms with Gasteiger partial charge in [0.25, 0.3) is 0 Å². The van der Waals surface area contributed by atoms with E-state index in [-0.39, 0.29) is 0 Å². The lowest BCUT2D eigenvalue weighted by Gasteiger charge is -2.25. The zero-order valence-corrected chi connectivity index (χ0v) is 34.6. The van der Waals surface area contributed by atoms with Gasteiger partial charge in [0.2, 0.25) is 5.89 Å². The van der Waals surface area contributed by atoms with Crippen LogP contribution >= 0.6 is 0 Å². The molecule has 0 bridgehead atoms. The Labute approximate surface area is 370 Å². The molecule has 5 nitrogen and oxygen atoms in total. The van der Waals surface area contributed by atoms with Crippen LogP contribution in [0.25, 0.3) is 99.9 Å². The van der Waals surface area contributed by atoms with Gasteiger partial charge in [-0.1, -0.05) is 146 Å². The fourth-order valence-electron chi connectivity index (χ4n) is 8.83. The van der Waals surface area contributed by atoms with Gasteiger partial charge < -0.3 is 9.32 Å². The van der Waals surface area contributed by atoms with Crippen molar-refractivity contribution in [2.45, 2.75) is 0 Å². The van der Waals surface area contributed by atoms with Crippen LogP contribution in [0.3, 0.4) is 0 Å². The molecule has 2 aromatic heterocycles. The molecular weight excluding hydrogens is 781 g/mol. The van der Waals surface area contributed by atoms with Crippen LogP contribution in [0.1, 0.15) is 0 Å². The first kappa shape index (κ1) is 37.1. The predicted molar refractivity (Wildman–Crippen MR) is 264 cm³/mol. The molecule has 0 atom stereocenters. The first-order valence-corrected chi connectivity index (χ1v) is 21.5. The fraction of sp³-hybridized carbons (Fsp3) is 0. The van der Waals surface area contributed by atoms with Crippen molar-refractivity contribution in [3.05, 3.63) is 231 Å². The Morgan fingerprint density at radius 2 is 0.734 bits per heavy atom. The average molecular weight is 819 g/mol. The Morgan fingerprint density at radius 3 is 1.30 bits per heavy atom. The number of nitrogens with zero attached hydrogens (tertiary/aromatic N) is 4. The third-order valence-electron chi connectivity index (χ3n) is 12.1. The van der Waals surface area contributed by atoms with Gasteiger partial charge in [-0.2, -0.15) is 0 Å². The number of benzene rings is 10. The Morgan fingerprint density at radius 1 is 0.297 bits per heavy atom. The van der Waals surface area contributed by atoms with Crippen LogP contribution in [0.15, 0.2) is 235 Å². The number of rotatable bonds is 8. The highest BCUT2D eigenvalue weighted by Crippen LogP contribution is 2.41. The van der Waals surface area contributed by atoms with E-state index in [4.69, 9.17) is 19.4 Å². The molecule has 12 aromatic rings. The quantitative estimate of drug-likeness (QED) is 0.153. The van der Waals surface area contributed by atoms with Gasteiger partial charge in [0, 0.05) is 33.8 Å². The summed E-state index contributed by atoms with van der Waals surface area (Å²) < 4.78 is 6.10. The lowest BCUT2D eigenvalue weighted by atomic mass is 9.91. The van der Waals surface area contributed by atoms with Crippen molar-refractivity contribution in [3.8, 4) is 56.2 Å². The summed E-state index contributed by atoms with van der Waals surface area (Å²) in [6.45, 7) is 0. The molecule has 0 radical (unpaired) electrons. The monoisotopic (exact) mass is 818 g/mol. The normalized spacial score (nSPS) is 11.4. The van der Waals surface area contributed by atoms with E-state index in [1.807, 2.05) is 36.4 Å². The largest absolute Gasteiger partial charge is 0.436 e. The van der Waals surface area contributed by atoms with E-state index in [0.717, 1.165) is 89.5 Å². The molecule has 12 rings (SSSR count). The lowest BCUT2D eigenvalue weighted by molar-refractivity contribution is 0.620. The number of anilines is 3. The Bertz CT molecular complexity index is 3620. The van der Waals surface area contributed by atoms with E-state index in [9.17, 15) is 0 Å². The van der Waals surface area contributed by atoms with Gasteiger partial charge >= 0.3 is 0 Å². The van der Waals surface area contributed by atoms with Crippen LogP contribution in [0.4, 0.5) is 17.1 Å². The van der Waals surface area contributed by atoms with Crippen molar-refractivity contribution >= 4 is 60.7 Å². The highest BCUT2D eigenvalue weighted by atomic mass is 16.3. The van der Waals surface area contributed by atoms with Crippen LogP contribution in [0.2, 0.25) is 0 Å². The topological polar surface area (TPSA) is 55.1 Å². The molecule has 0 saturated heterocycles. The summed E-state index contributed by atoms with van der Waals surface area (Å²) in [5, 5.41) is 4.81. The zero-order valence-electron chi connectivity index (χ0n) is 34.6. The van der Waals surface area contributed by atoms with Gasteiger partial charge in [-0.25, -0.2) is 15.0 Å². The van der Waals surface area contributed by atoms with Crippen molar-refractivity contribution in [1.82, 2.24) is 15.0 Å². The van der Waals surface area contributed by atoms with Gasteiger partial charge in [-0.15, -0.1) is 0 Å². The molecule has 0 amide bonds. The van der Waals surface area contributed by atoms with Crippen LogP contribution < -0.4 is 4.90 Å². The average Bonchev–Trinajstić information content (AvgIpc) is 3.81. The summed E-state index contributed by atoms with van der Waals surface area (Å²) in [5.41, 5.74) is 15.4. The smallest absolute Gasteiger partial charge is 0.227 e.